The Morgan fingerprint density at radius 1 is 1.13 bits per heavy atom. The molecule has 2 aromatic carbocycles. The molecule has 0 saturated heterocycles. The zero-order valence-corrected chi connectivity index (χ0v) is 14.2. The molecule has 0 fully saturated rings. The predicted molar refractivity (Wildman–Crippen MR) is 94.5 cm³/mol. The first-order chi connectivity index (χ1) is 11.1. The number of hydrogen-bond acceptors (Lipinski definition) is 4. The normalized spacial score (nSPS) is 10.7. The molecule has 0 atom stereocenters. The van der Waals surface area contributed by atoms with Crippen molar-refractivity contribution >= 4 is 27.4 Å². The summed E-state index contributed by atoms with van der Waals surface area (Å²) in [5.74, 6) is 0.583. The summed E-state index contributed by atoms with van der Waals surface area (Å²) in [4.78, 5) is 13.0. The third-order valence-corrected chi connectivity index (χ3v) is 4.88. The van der Waals surface area contributed by atoms with E-state index in [1.54, 1.807) is 18.4 Å². The molecule has 0 aliphatic rings. The largest absolute Gasteiger partial charge is 0.497 e. The lowest BCUT2D eigenvalue weighted by Crippen LogP contribution is -2.03. The van der Waals surface area contributed by atoms with E-state index in [4.69, 9.17) is 9.47 Å². The van der Waals surface area contributed by atoms with Crippen LogP contribution < -0.4 is 4.74 Å². The molecular formula is C19H18O3S. The highest BCUT2D eigenvalue weighted by Gasteiger charge is 2.11. The van der Waals surface area contributed by atoms with Crippen molar-refractivity contribution in [3.63, 3.8) is 0 Å². The molecule has 1 aromatic heterocycles. The monoisotopic (exact) mass is 326 g/mol. The summed E-state index contributed by atoms with van der Waals surface area (Å²) < 4.78 is 11.5. The first-order valence-corrected chi connectivity index (χ1v) is 8.29. The number of carbonyl (C=O) groups is 1. The quantitative estimate of drug-likeness (QED) is 0.629. The molecule has 3 nitrogen and oxygen atoms in total. The summed E-state index contributed by atoms with van der Waals surface area (Å²) >= 11 is 1.72. The average Bonchev–Trinajstić information content (AvgIpc) is 2.97. The van der Waals surface area contributed by atoms with Crippen molar-refractivity contribution < 1.29 is 14.3 Å². The summed E-state index contributed by atoms with van der Waals surface area (Å²) in [5.41, 5.74) is 2.95. The van der Waals surface area contributed by atoms with Crippen LogP contribution in [0.1, 0.15) is 22.8 Å². The number of methoxy groups -OCH3 is 1. The molecule has 0 unspecified atom stereocenters. The van der Waals surface area contributed by atoms with Crippen molar-refractivity contribution in [2.75, 3.05) is 13.7 Å². The third-order valence-electron chi connectivity index (χ3n) is 3.73. The van der Waals surface area contributed by atoms with Crippen molar-refractivity contribution in [1.82, 2.24) is 0 Å². The van der Waals surface area contributed by atoms with Gasteiger partial charge in [-0.3, -0.25) is 0 Å². The molecule has 1 heterocycles. The molecule has 3 aromatic rings. The minimum absolute atomic E-state index is 0.275. The lowest BCUT2D eigenvalue weighted by Gasteiger charge is -2.05. The molecule has 118 valence electrons. The van der Waals surface area contributed by atoms with E-state index in [9.17, 15) is 4.79 Å². The molecular weight excluding hydrogens is 308 g/mol. The Labute approximate surface area is 139 Å². The predicted octanol–water partition coefficient (Wildman–Crippen LogP) is 5.06. The van der Waals surface area contributed by atoms with Gasteiger partial charge in [0.15, 0.2) is 0 Å². The minimum Gasteiger partial charge on any atom is -0.497 e. The van der Waals surface area contributed by atoms with Gasteiger partial charge < -0.3 is 9.47 Å². The van der Waals surface area contributed by atoms with E-state index in [0.29, 0.717) is 12.2 Å². The van der Waals surface area contributed by atoms with E-state index in [1.165, 1.54) is 16.0 Å². The molecule has 0 amide bonds. The molecule has 0 spiro atoms. The summed E-state index contributed by atoms with van der Waals surface area (Å²) in [6, 6.07) is 13.9. The van der Waals surface area contributed by atoms with Crippen LogP contribution in [0.2, 0.25) is 0 Å². The number of benzene rings is 2. The first kappa shape index (κ1) is 15.6. The van der Waals surface area contributed by atoms with E-state index >= 15 is 0 Å². The lowest BCUT2D eigenvalue weighted by atomic mass is 10.1. The van der Waals surface area contributed by atoms with E-state index in [2.05, 4.69) is 19.1 Å². The van der Waals surface area contributed by atoms with E-state index in [0.717, 1.165) is 15.8 Å². The maximum Gasteiger partial charge on any atom is 0.338 e. The Kier molecular flexibility index (Phi) is 4.35. The SMILES string of the molecule is CCOC(=O)c1ccc2sc(-c3ccc(OC)cc3C)cc2c1. The Morgan fingerprint density at radius 3 is 2.65 bits per heavy atom. The fourth-order valence-corrected chi connectivity index (χ4v) is 3.69. The van der Waals surface area contributed by atoms with Gasteiger partial charge in [-0.1, -0.05) is 0 Å². The number of ether oxygens (including phenoxy) is 2. The van der Waals surface area contributed by atoms with Gasteiger partial charge in [0, 0.05) is 9.58 Å². The van der Waals surface area contributed by atoms with Crippen LogP contribution in [0.15, 0.2) is 42.5 Å². The standard InChI is InChI=1S/C19H18O3S/c1-4-22-19(20)13-5-8-17-14(10-13)11-18(23-17)16-7-6-15(21-3)9-12(16)2/h5-11H,4H2,1-3H3. The number of hydrogen-bond donors (Lipinski definition) is 0. The average molecular weight is 326 g/mol. The first-order valence-electron chi connectivity index (χ1n) is 7.48. The van der Waals surface area contributed by atoms with Gasteiger partial charge in [-0.15, -0.1) is 11.3 Å². The molecule has 23 heavy (non-hydrogen) atoms. The zero-order valence-electron chi connectivity index (χ0n) is 13.4. The summed E-state index contributed by atoms with van der Waals surface area (Å²) in [5, 5.41) is 1.06. The second-order valence-corrected chi connectivity index (χ2v) is 6.35. The Morgan fingerprint density at radius 2 is 1.96 bits per heavy atom. The number of carbonyl (C=O) groups excluding carboxylic acids is 1. The number of rotatable bonds is 4. The van der Waals surface area contributed by atoms with Gasteiger partial charge in [-0.25, -0.2) is 4.79 Å². The van der Waals surface area contributed by atoms with Crippen LogP contribution in [0.4, 0.5) is 0 Å². The fraction of sp³-hybridized carbons (Fsp3) is 0.211. The Bertz CT molecular complexity index is 864. The van der Waals surface area contributed by atoms with Crippen LogP contribution in [-0.2, 0) is 4.74 Å². The highest BCUT2D eigenvalue weighted by atomic mass is 32.1. The van der Waals surface area contributed by atoms with Crippen LogP contribution in [0, 0.1) is 6.92 Å². The van der Waals surface area contributed by atoms with Crippen LogP contribution in [0.25, 0.3) is 20.5 Å². The molecule has 0 radical (unpaired) electrons. The molecule has 3 rings (SSSR count). The van der Waals surface area contributed by atoms with Gasteiger partial charge in [0.2, 0.25) is 0 Å². The number of thiophene rings is 1. The van der Waals surface area contributed by atoms with Crippen molar-refractivity contribution in [1.29, 1.82) is 0 Å². The second-order valence-electron chi connectivity index (χ2n) is 5.26. The molecule has 0 bridgehead atoms. The number of fused-ring (bicyclic) bond motifs is 1. The van der Waals surface area contributed by atoms with Crippen molar-refractivity contribution in [3.8, 4) is 16.2 Å². The summed E-state index contributed by atoms with van der Waals surface area (Å²) in [6.45, 7) is 4.27. The molecule has 0 N–H and O–H groups in total. The maximum absolute atomic E-state index is 11.9. The molecule has 0 aliphatic carbocycles. The Hall–Kier alpha value is -2.33. The highest BCUT2D eigenvalue weighted by Crippen LogP contribution is 2.36. The zero-order chi connectivity index (χ0) is 16.4. The van der Waals surface area contributed by atoms with Gasteiger partial charge in [0.1, 0.15) is 5.75 Å². The van der Waals surface area contributed by atoms with Gasteiger partial charge in [-0.2, -0.15) is 0 Å². The van der Waals surface area contributed by atoms with Crippen molar-refractivity contribution in [3.05, 3.63) is 53.6 Å². The van der Waals surface area contributed by atoms with Crippen LogP contribution in [0.3, 0.4) is 0 Å². The van der Waals surface area contributed by atoms with Crippen LogP contribution >= 0.6 is 11.3 Å². The molecule has 4 heteroatoms. The molecule has 0 aliphatic heterocycles. The third kappa shape index (κ3) is 3.08. The van der Waals surface area contributed by atoms with Gasteiger partial charge in [0.25, 0.3) is 0 Å². The lowest BCUT2D eigenvalue weighted by molar-refractivity contribution is 0.0526. The van der Waals surface area contributed by atoms with Gasteiger partial charge in [-0.05, 0) is 72.8 Å². The maximum atomic E-state index is 11.9. The molecule has 0 saturated carbocycles. The highest BCUT2D eigenvalue weighted by molar-refractivity contribution is 7.22. The van der Waals surface area contributed by atoms with Gasteiger partial charge in [0.05, 0.1) is 19.3 Å². The van der Waals surface area contributed by atoms with E-state index in [1.807, 2.05) is 37.3 Å². The smallest absolute Gasteiger partial charge is 0.338 e. The topological polar surface area (TPSA) is 35.5 Å². The minimum atomic E-state index is -0.275. The van der Waals surface area contributed by atoms with Crippen molar-refractivity contribution in [2.24, 2.45) is 0 Å². The second kappa shape index (κ2) is 6.42. The van der Waals surface area contributed by atoms with E-state index < -0.39 is 0 Å². The van der Waals surface area contributed by atoms with Crippen molar-refractivity contribution in [2.45, 2.75) is 13.8 Å². The Balaban J connectivity index is 2.01. The summed E-state index contributed by atoms with van der Waals surface area (Å²) in [6.07, 6.45) is 0. The van der Waals surface area contributed by atoms with Crippen LogP contribution in [-0.4, -0.2) is 19.7 Å². The number of aryl methyl sites for hydroxylation is 1. The van der Waals surface area contributed by atoms with Crippen LogP contribution in [0.5, 0.6) is 5.75 Å². The van der Waals surface area contributed by atoms with E-state index in [-0.39, 0.29) is 5.97 Å². The van der Waals surface area contributed by atoms with Gasteiger partial charge >= 0.3 is 5.97 Å². The number of esters is 1. The summed E-state index contributed by atoms with van der Waals surface area (Å²) in [7, 11) is 1.67. The fourth-order valence-electron chi connectivity index (χ4n) is 2.56.